The van der Waals surface area contributed by atoms with Crippen molar-refractivity contribution in [3.8, 4) is 6.19 Å². The van der Waals surface area contributed by atoms with Crippen LogP contribution in [0.1, 0.15) is 0 Å². The number of aliphatic imine (C=N–C) groups is 1. The van der Waals surface area contributed by atoms with Crippen molar-refractivity contribution >= 4 is 46.6 Å². The van der Waals surface area contributed by atoms with E-state index in [1.54, 1.807) is 42.6 Å². The van der Waals surface area contributed by atoms with Gasteiger partial charge in [-0.2, -0.15) is 5.26 Å². The fourth-order valence-corrected chi connectivity index (χ4v) is 3.17. The number of nitrogens with zero attached hydrogens (tertiary/aromatic N) is 3. The average molecular weight is 456 g/mol. The van der Waals surface area contributed by atoms with Crippen molar-refractivity contribution < 1.29 is 14.3 Å². The summed E-state index contributed by atoms with van der Waals surface area (Å²) < 4.78 is 5.08. The lowest BCUT2D eigenvalue weighted by Gasteiger charge is -2.19. The van der Waals surface area contributed by atoms with Gasteiger partial charge in [-0.3, -0.25) is 4.79 Å². The van der Waals surface area contributed by atoms with E-state index in [9.17, 15) is 9.59 Å². The minimum atomic E-state index is -0.913. The number of nitriles is 1. The number of carbonyl (C=O) groups is 2. The molecule has 4 N–H and O–H groups in total. The van der Waals surface area contributed by atoms with E-state index in [1.165, 1.54) is 7.11 Å². The summed E-state index contributed by atoms with van der Waals surface area (Å²) >= 11 is 5.84. The summed E-state index contributed by atoms with van der Waals surface area (Å²) in [5, 5.41) is 20.4. The zero-order chi connectivity index (χ0) is 22.9. The van der Waals surface area contributed by atoms with Crippen molar-refractivity contribution in [1.29, 1.82) is 5.26 Å². The highest BCUT2D eigenvalue weighted by Crippen LogP contribution is 2.20. The molecule has 166 valence electrons. The van der Waals surface area contributed by atoms with Crippen LogP contribution in [0.5, 0.6) is 0 Å². The molecule has 11 heteroatoms. The van der Waals surface area contributed by atoms with Gasteiger partial charge in [0.25, 0.3) is 0 Å². The first kappa shape index (κ1) is 22.9. The number of hydrogen-bond donors (Lipinski definition) is 4. The lowest BCUT2D eigenvalue weighted by molar-refractivity contribution is -0.119. The van der Waals surface area contributed by atoms with Gasteiger partial charge >= 0.3 is 6.03 Å². The maximum absolute atomic E-state index is 12.7. The normalized spacial score (nSPS) is 14.9. The van der Waals surface area contributed by atoms with Gasteiger partial charge in [0.05, 0.1) is 6.61 Å². The number of carbonyl (C=O) groups excluding carboxylic acids is 2. The molecule has 3 rings (SSSR count). The van der Waals surface area contributed by atoms with Crippen LogP contribution in [-0.2, 0) is 9.53 Å². The second-order valence-corrected chi connectivity index (χ2v) is 7.20. The van der Waals surface area contributed by atoms with E-state index in [0.717, 1.165) is 5.69 Å². The zero-order valence-electron chi connectivity index (χ0n) is 17.3. The zero-order valence-corrected chi connectivity index (χ0v) is 18.0. The Bertz CT molecular complexity index is 1020. The first-order valence-corrected chi connectivity index (χ1v) is 10.1. The van der Waals surface area contributed by atoms with Gasteiger partial charge in [-0.1, -0.05) is 11.6 Å². The van der Waals surface area contributed by atoms with Gasteiger partial charge in [0.2, 0.25) is 18.1 Å². The molecule has 1 saturated heterocycles. The Morgan fingerprint density at radius 3 is 2.50 bits per heavy atom. The maximum atomic E-state index is 12.7. The molecule has 1 fully saturated rings. The van der Waals surface area contributed by atoms with Gasteiger partial charge in [0.15, 0.2) is 0 Å². The smallest absolute Gasteiger partial charge is 0.319 e. The minimum absolute atomic E-state index is 0.00855. The molecule has 3 amide bonds. The lowest BCUT2D eigenvalue weighted by Crippen LogP contribution is -2.48. The molecule has 10 nitrogen and oxygen atoms in total. The number of guanidine groups is 1. The Morgan fingerprint density at radius 2 is 1.84 bits per heavy atom. The summed E-state index contributed by atoms with van der Waals surface area (Å²) in [6.45, 7) is 1.35. The summed E-state index contributed by atoms with van der Waals surface area (Å²) in [5.74, 6) is 0.0563. The van der Waals surface area contributed by atoms with Crippen LogP contribution in [0, 0.1) is 11.5 Å². The fraction of sp³-hybridized carbons (Fsp3) is 0.238. The molecule has 0 aliphatic carbocycles. The predicted molar refractivity (Wildman–Crippen MR) is 123 cm³/mol. The number of nitrogens with one attached hydrogen (secondary N) is 4. The van der Waals surface area contributed by atoms with Gasteiger partial charge in [-0.25, -0.2) is 4.79 Å². The number of ether oxygens (including phenoxy) is 1. The molecule has 1 aliphatic heterocycles. The van der Waals surface area contributed by atoms with Crippen LogP contribution in [0.25, 0.3) is 0 Å². The Labute approximate surface area is 190 Å². The van der Waals surface area contributed by atoms with E-state index in [-0.39, 0.29) is 6.61 Å². The molecule has 0 saturated carbocycles. The van der Waals surface area contributed by atoms with Gasteiger partial charge in [0.1, 0.15) is 6.04 Å². The van der Waals surface area contributed by atoms with Crippen LogP contribution in [0.15, 0.2) is 53.5 Å². The largest absolute Gasteiger partial charge is 0.382 e. The molecular formula is C21H22ClN7O3. The van der Waals surface area contributed by atoms with Gasteiger partial charge in [-0.05, 0) is 48.5 Å². The summed E-state index contributed by atoms with van der Waals surface area (Å²) in [7, 11) is 1.44. The molecule has 32 heavy (non-hydrogen) atoms. The van der Waals surface area contributed by atoms with E-state index in [0.29, 0.717) is 35.4 Å². The molecule has 0 aromatic heterocycles. The van der Waals surface area contributed by atoms with E-state index >= 15 is 0 Å². The van der Waals surface area contributed by atoms with Gasteiger partial charge < -0.3 is 30.9 Å². The van der Waals surface area contributed by atoms with Crippen molar-refractivity contribution in [3.63, 3.8) is 0 Å². The van der Waals surface area contributed by atoms with E-state index in [2.05, 4.69) is 26.3 Å². The maximum Gasteiger partial charge on any atom is 0.319 e. The monoisotopic (exact) mass is 455 g/mol. The number of hydrogen-bond acceptors (Lipinski definition) is 5. The van der Waals surface area contributed by atoms with Gasteiger partial charge in [-0.15, -0.1) is 4.99 Å². The molecule has 0 spiro atoms. The number of halogens is 1. The second-order valence-electron chi connectivity index (χ2n) is 6.76. The Morgan fingerprint density at radius 1 is 1.19 bits per heavy atom. The topological polar surface area (TPSA) is 131 Å². The quantitative estimate of drug-likeness (QED) is 0.474. The second kappa shape index (κ2) is 11.0. The van der Waals surface area contributed by atoms with Crippen molar-refractivity contribution in [3.05, 3.63) is 53.6 Å². The van der Waals surface area contributed by atoms with Crippen molar-refractivity contribution in [2.45, 2.75) is 6.04 Å². The van der Waals surface area contributed by atoms with Crippen LogP contribution in [-0.4, -0.2) is 50.7 Å². The Balaban J connectivity index is 1.60. The Hall–Kier alpha value is -3.81. The number of anilines is 3. The van der Waals surface area contributed by atoms with E-state index < -0.39 is 18.0 Å². The fourth-order valence-electron chi connectivity index (χ4n) is 3.04. The third-order valence-electron chi connectivity index (χ3n) is 4.53. The van der Waals surface area contributed by atoms with E-state index in [1.807, 2.05) is 17.0 Å². The predicted octanol–water partition coefficient (Wildman–Crippen LogP) is 2.36. The van der Waals surface area contributed by atoms with Crippen molar-refractivity contribution in [1.82, 2.24) is 10.6 Å². The first-order chi connectivity index (χ1) is 15.5. The third kappa shape index (κ3) is 6.10. The summed E-state index contributed by atoms with van der Waals surface area (Å²) in [5.41, 5.74) is 1.91. The highest BCUT2D eigenvalue weighted by Gasteiger charge is 2.22. The van der Waals surface area contributed by atoms with Crippen LogP contribution in [0.2, 0.25) is 5.02 Å². The highest BCUT2D eigenvalue weighted by atomic mass is 35.5. The highest BCUT2D eigenvalue weighted by molar-refractivity contribution is 6.30. The molecule has 0 radical (unpaired) electrons. The molecule has 1 aliphatic rings. The molecule has 2 aromatic carbocycles. The van der Waals surface area contributed by atoms with Crippen LogP contribution >= 0.6 is 11.6 Å². The molecule has 1 heterocycles. The molecule has 0 bridgehead atoms. The van der Waals surface area contributed by atoms with Crippen LogP contribution in [0.3, 0.4) is 0 Å². The van der Waals surface area contributed by atoms with Crippen LogP contribution < -0.4 is 26.2 Å². The number of rotatable bonds is 7. The number of methoxy groups -OCH3 is 1. The lowest BCUT2D eigenvalue weighted by atomic mass is 10.2. The van der Waals surface area contributed by atoms with Crippen molar-refractivity contribution in [2.24, 2.45) is 4.99 Å². The van der Waals surface area contributed by atoms with E-state index in [4.69, 9.17) is 21.6 Å². The number of benzene rings is 2. The summed E-state index contributed by atoms with van der Waals surface area (Å²) in [6, 6.07) is 12.2. The van der Waals surface area contributed by atoms with Crippen molar-refractivity contribution in [2.75, 3.05) is 42.3 Å². The first-order valence-electron chi connectivity index (χ1n) is 9.71. The number of urea groups is 1. The SMILES string of the molecule is COCC(NC(=O)Nc1ccc(Cl)cc1)C(=O)Nc1ccc(N2CCN/C2=N\C#N)cc1. The Kier molecular flexibility index (Phi) is 7.85. The third-order valence-corrected chi connectivity index (χ3v) is 4.79. The minimum Gasteiger partial charge on any atom is -0.382 e. The molecule has 1 atom stereocenters. The molecular weight excluding hydrogens is 434 g/mol. The standard InChI is InChI=1S/C21H22ClN7O3/c1-32-12-18(28-21(31)27-16-4-2-14(22)3-5-16)19(30)26-15-6-8-17(9-7-15)29-11-10-24-20(29)25-13-23/h2-9,18H,10-12H2,1H3,(H,24,25)(H,26,30)(H2,27,28,31). The molecule has 1 unspecified atom stereocenters. The van der Waals surface area contributed by atoms with Gasteiger partial charge in [0, 0.05) is 42.3 Å². The number of amides is 3. The average Bonchev–Trinajstić information content (AvgIpc) is 3.24. The molecule has 2 aromatic rings. The summed E-state index contributed by atoms with van der Waals surface area (Å²) in [4.78, 5) is 30.6. The summed E-state index contributed by atoms with van der Waals surface area (Å²) in [6.07, 6.45) is 1.77. The van der Waals surface area contributed by atoms with Crippen LogP contribution in [0.4, 0.5) is 21.9 Å².